The Morgan fingerprint density at radius 2 is 1.90 bits per heavy atom. The number of nitrogens with zero attached hydrogens (tertiary/aromatic N) is 1. The van der Waals surface area contributed by atoms with Crippen molar-refractivity contribution in [1.29, 1.82) is 0 Å². The molecule has 0 saturated carbocycles. The molecule has 106 valence electrons. The van der Waals surface area contributed by atoms with E-state index in [4.69, 9.17) is 4.42 Å². The van der Waals surface area contributed by atoms with Gasteiger partial charge in [-0.1, -0.05) is 0 Å². The molecule has 3 nitrogen and oxygen atoms in total. The third-order valence-electron chi connectivity index (χ3n) is 3.05. The number of benzene rings is 1. The van der Waals surface area contributed by atoms with Crippen molar-refractivity contribution in [2.24, 2.45) is 0 Å². The summed E-state index contributed by atoms with van der Waals surface area (Å²) in [5.74, 6) is -1.07. The highest BCUT2D eigenvalue weighted by molar-refractivity contribution is 6.06. The number of aryl methyl sites for hydroxylation is 2. The summed E-state index contributed by atoms with van der Waals surface area (Å²) in [5.41, 5.74) is 0.740. The van der Waals surface area contributed by atoms with Crippen LogP contribution in [0.5, 0.6) is 0 Å². The molecule has 0 saturated heterocycles. The van der Waals surface area contributed by atoms with Crippen LogP contribution in [-0.4, -0.2) is 12.5 Å². The molecular formula is C15H15F2NO2. The number of carbonyl (C=O) groups excluding carboxylic acids is 1. The minimum atomic E-state index is -0.978. The lowest BCUT2D eigenvalue weighted by Crippen LogP contribution is -2.30. The van der Waals surface area contributed by atoms with Crippen LogP contribution in [0.1, 0.15) is 28.8 Å². The Balaban J connectivity index is 2.39. The van der Waals surface area contributed by atoms with Crippen LogP contribution in [0.2, 0.25) is 0 Å². The second kappa shape index (κ2) is 5.45. The molecule has 20 heavy (non-hydrogen) atoms. The maximum atomic E-state index is 13.3. The molecule has 0 aliphatic carbocycles. The summed E-state index contributed by atoms with van der Waals surface area (Å²) in [6.45, 7) is 5.55. The number of amides is 1. The molecule has 1 heterocycles. The minimum Gasteiger partial charge on any atom is -0.466 e. The van der Waals surface area contributed by atoms with Crippen LogP contribution in [0.3, 0.4) is 0 Å². The van der Waals surface area contributed by atoms with Gasteiger partial charge in [-0.3, -0.25) is 4.79 Å². The SMILES string of the molecule is CCN(C(=O)c1cc(C)oc1C)c1ccc(F)c(F)c1. The average Bonchev–Trinajstić information content (AvgIpc) is 2.73. The molecule has 1 aromatic carbocycles. The summed E-state index contributed by atoms with van der Waals surface area (Å²) in [5, 5.41) is 0. The highest BCUT2D eigenvalue weighted by Crippen LogP contribution is 2.22. The maximum Gasteiger partial charge on any atom is 0.261 e. The molecule has 2 aromatic rings. The van der Waals surface area contributed by atoms with Crippen LogP contribution < -0.4 is 4.90 Å². The Morgan fingerprint density at radius 1 is 1.20 bits per heavy atom. The lowest BCUT2D eigenvalue weighted by molar-refractivity contribution is 0.0987. The van der Waals surface area contributed by atoms with Gasteiger partial charge in [0, 0.05) is 18.3 Å². The summed E-state index contributed by atoms with van der Waals surface area (Å²) < 4.78 is 31.6. The first-order valence-corrected chi connectivity index (χ1v) is 6.28. The first-order chi connectivity index (χ1) is 9.43. The van der Waals surface area contributed by atoms with Crippen LogP contribution in [0.4, 0.5) is 14.5 Å². The number of furan rings is 1. The van der Waals surface area contributed by atoms with Crippen molar-refractivity contribution in [3.63, 3.8) is 0 Å². The fraction of sp³-hybridized carbons (Fsp3) is 0.267. The Bertz CT molecular complexity index is 649. The lowest BCUT2D eigenvalue weighted by atomic mass is 10.2. The maximum absolute atomic E-state index is 13.3. The molecule has 5 heteroatoms. The van der Waals surface area contributed by atoms with Gasteiger partial charge in [0.15, 0.2) is 11.6 Å². The van der Waals surface area contributed by atoms with Crippen LogP contribution in [0, 0.1) is 25.5 Å². The molecule has 1 aromatic heterocycles. The number of hydrogen-bond donors (Lipinski definition) is 0. The second-order valence-electron chi connectivity index (χ2n) is 4.47. The van der Waals surface area contributed by atoms with E-state index >= 15 is 0 Å². The number of halogens is 2. The first-order valence-electron chi connectivity index (χ1n) is 6.28. The van der Waals surface area contributed by atoms with Gasteiger partial charge in [-0.2, -0.15) is 0 Å². The first kappa shape index (κ1) is 14.2. The molecule has 0 unspecified atom stereocenters. The quantitative estimate of drug-likeness (QED) is 0.855. The lowest BCUT2D eigenvalue weighted by Gasteiger charge is -2.20. The molecular weight excluding hydrogens is 264 g/mol. The molecule has 0 bridgehead atoms. The van der Waals surface area contributed by atoms with Gasteiger partial charge in [-0.25, -0.2) is 8.78 Å². The molecule has 1 amide bonds. The van der Waals surface area contributed by atoms with Crippen molar-refractivity contribution in [3.05, 3.63) is 53.0 Å². The fourth-order valence-electron chi connectivity index (χ4n) is 2.08. The molecule has 2 rings (SSSR count). The van der Waals surface area contributed by atoms with Gasteiger partial charge < -0.3 is 9.32 Å². The van der Waals surface area contributed by atoms with E-state index in [2.05, 4.69) is 0 Å². The van der Waals surface area contributed by atoms with E-state index in [0.29, 0.717) is 29.3 Å². The normalized spacial score (nSPS) is 10.7. The van der Waals surface area contributed by atoms with Crippen molar-refractivity contribution in [1.82, 2.24) is 0 Å². The van der Waals surface area contributed by atoms with Gasteiger partial charge in [-0.05, 0) is 39.0 Å². The smallest absolute Gasteiger partial charge is 0.261 e. The Kier molecular flexibility index (Phi) is 3.88. The van der Waals surface area contributed by atoms with E-state index in [9.17, 15) is 13.6 Å². The van der Waals surface area contributed by atoms with E-state index in [1.54, 1.807) is 26.8 Å². The van der Waals surface area contributed by atoms with Crippen molar-refractivity contribution in [3.8, 4) is 0 Å². The van der Waals surface area contributed by atoms with Crippen molar-refractivity contribution < 1.29 is 18.0 Å². The molecule has 0 N–H and O–H groups in total. The Morgan fingerprint density at radius 3 is 2.40 bits per heavy atom. The zero-order valence-corrected chi connectivity index (χ0v) is 11.5. The standard InChI is InChI=1S/C15H15F2NO2/c1-4-18(11-5-6-13(16)14(17)8-11)15(19)12-7-9(2)20-10(12)3/h5-8H,4H2,1-3H3. The van der Waals surface area contributed by atoms with Crippen LogP contribution in [0.25, 0.3) is 0 Å². The van der Waals surface area contributed by atoms with Crippen LogP contribution in [-0.2, 0) is 0 Å². The van der Waals surface area contributed by atoms with E-state index < -0.39 is 11.6 Å². The number of rotatable bonds is 3. The third-order valence-corrected chi connectivity index (χ3v) is 3.05. The Labute approximate surface area is 115 Å². The van der Waals surface area contributed by atoms with Crippen molar-refractivity contribution >= 4 is 11.6 Å². The van der Waals surface area contributed by atoms with Gasteiger partial charge in [-0.15, -0.1) is 0 Å². The summed E-state index contributed by atoms with van der Waals surface area (Å²) in [7, 11) is 0. The number of anilines is 1. The van der Waals surface area contributed by atoms with Gasteiger partial charge in [0.05, 0.1) is 5.56 Å². The van der Waals surface area contributed by atoms with Gasteiger partial charge in [0.25, 0.3) is 5.91 Å². The predicted octanol–water partition coefficient (Wildman–Crippen LogP) is 3.84. The third kappa shape index (κ3) is 2.57. The fourth-order valence-corrected chi connectivity index (χ4v) is 2.08. The molecule has 0 spiro atoms. The molecule has 0 fully saturated rings. The van der Waals surface area contributed by atoms with Crippen LogP contribution >= 0.6 is 0 Å². The summed E-state index contributed by atoms with van der Waals surface area (Å²) in [6.07, 6.45) is 0. The van der Waals surface area contributed by atoms with E-state index in [1.165, 1.54) is 11.0 Å². The summed E-state index contributed by atoms with van der Waals surface area (Å²) in [6, 6.07) is 5.04. The second-order valence-corrected chi connectivity index (χ2v) is 4.47. The van der Waals surface area contributed by atoms with Crippen LogP contribution in [0.15, 0.2) is 28.7 Å². The van der Waals surface area contributed by atoms with Gasteiger partial charge in [0.1, 0.15) is 11.5 Å². The van der Waals surface area contributed by atoms with Gasteiger partial charge >= 0.3 is 0 Å². The minimum absolute atomic E-state index is 0.298. The van der Waals surface area contributed by atoms with Crippen molar-refractivity contribution in [2.45, 2.75) is 20.8 Å². The Hall–Kier alpha value is -2.17. The van der Waals surface area contributed by atoms with E-state index in [0.717, 1.165) is 12.1 Å². The average molecular weight is 279 g/mol. The molecule has 0 aliphatic heterocycles. The zero-order chi connectivity index (χ0) is 14.9. The monoisotopic (exact) mass is 279 g/mol. The van der Waals surface area contributed by atoms with E-state index in [-0.39, 0.29) is 5.91 Å². The number of carbonyl (C=O) groups is 1. The van der Waals surface area contributed by atoms with E-state index in [1.807, 2.05) is 0 Å². The topological polar surface area (TPSA) is 33.5 Å². The molecule has 0 aliphatic rings. The van der Waals surface area contributed by atoms with Gasteiger partial charge in [0.2, 0.25) is 0 Å². The molecule has 0 atom stereocenters. The predicted molar refractivity (Wildman–Crippen MR) is 71.9 cm³/mol. The molecule has 0 radical (unpaired) electrons. The van der Waals surface area contributed by atoms with Crippen molar-refractivity contribution in [2.75, 3.05) is 11.4 Å². The largest absolute Gasteiger partial charge is 0.466 e. The summed E-state index contributed by atoms with van der Waals surface area (Å²) in [4.78, 5) is 13.8. The summed E-state index contributed by atoms with van der Waals surface area (Å²) >= 11 is 0. The highest BCUT2D eigenvalue weighted by Gasteiger charge is 2.21. The highest BCUT2D eigenvalue weighted by atomic mass is 19.2. The number of hydrogen-bond acceptors (Lipinski definition) is 2. The zero-order valence-electron chi connectivity index (χ0n) is 11.5.